The maximum absolute atomic E-state index is 13.0. The van der Waals surface area contributed by atoms with Gasteiger partial charge in [0, 0.05) is 29.8 Å². The van der Waals surface area contributed by atoms with Crippen molar-refractivity contribution in [1.82, 2.24) is 20.2 Å². The number of aryl methyl sites for hydroxylation is 1. The lowest BCUT2D eigenvalue weighted by molar-refractivity contribution is 0.102. The molecule has 4 aromatic rings. The maximum Gasteiger partial charge on any atom is 0.258 e. The number of benzene rings is 1. The van der Waals surface area contributed by atoms with Crippen molar-refractivity contribution in [2.45, 2.75) is 26.2 Å². The Morgan fingerprint density at radius 3 is 2.86 bits per heavy atom. The lowest BCUT2D eigenvalue weighted by atomic mass is 10.0. The van der Waals surface area contributed by atoms with Gasteiger partial charge in [0.05, 0.1) is 16.8 Å². The van der Waals surface area contributed by atoms with Crippen LogP contribution in [-0.4, -0.2) is 26.1 Å². The van der Waals surface area contributed by atoms with Gasteiger partial charge < -0.3 is 0 Å². The third-order valence-electron chi connectivity index (χ3n) is 4.35. The molecule has 3 aromatic heterocycles. The van der Waals surface area contributed by atoms with Crippen LogP contribution in [0, 0.1) is 0 Å². The first-order chi connectivity index (χ1) is 13.7. The van der Waals surface area contributed by atoms with Crippen LogP contribution in [0.15, 0.2) is 54.9 Å². The number of rotatable bonds is 6. The molecule has 6 nitrogen and oxygen atoms in total. The molecule has 0 bridgehead atoms. The lowest BCUT2D eigenvalue weighted by Crippen LogP contribution is -2.13. The summed E-state index contributed by atoms with van der Waals surface area (Å²) in [5, 5.41) is 13.4. The van der Waals surface area contributed by atoms with E-state index < -0.39 is 0 Å². The monoisotopic (exact) mass is 389 g/mol. The van der Waals surface area contributed by atoms with Gasteiger partial charge in [0.2, 0.25) is 5.13 Å². The molecule has 140 valence electrons. The van der Waals surface area contributed by atoms with Gasteiger partial charge in [-0.1, -0.05) is 42.9 Å². The summed E-state index contributed by atoms with van der Waals surface area (Å²) in [5.41, 5.74) is 2.88. The van der Waals surface area contributed by atoms with E-state index in [9.17, 15) is 4.79 Å². The van der Waals surface area contributed by atoms with Gasteiger partial charge in [-0.25, -0.2) is 4.98 Å². The number of carbonyl (C=O) groups is 1. The van der Waals surface area contributed by atoms with E-state index in [4.69, 9.17) is 0 Å². The predicted molar refractivity (Wildman–Crippen MR) is 111 cm³/mol. The summed E-state index contributed by atoms with van der Waals surface area (Å²) in [6, 6.07) is 13.2. The van der Waals surface area contributed by atoms with Crippen LogP contribution in [0.1, 0.15) is 35.1 Å². The van der Waals surface area contributed by atoms with Gasteiger partial charge >= 0.3 is 0 Å². The first-order valence-corrected chi connectivity index (χ1v) is 10.00. The molecule has 0 unspecified atom stereocenters. The maximum atomic E-state index is 13.0. The van der Waals surface area contributed by atoms with Crippen molar-refractivity contribution in [3.05, 3.63) is 65.4 Å². The van der Waals surface area contributed by atoms with Crippen molar-refractivity contribution in [2.75, 3.05) is 5.32 Å². The van der Waals surface area contributed by atoms with E-state index in [1.807, 2.05) is 36.4 Å². The fourth-order valence-corrected chi connectivity index (χ4v) is 3.70. The third kappa shape index (κ3) is 3.89. The van der Waals surface area contributed by atoms with Crippen LogP contribution in [0.4, 0.5) is 5.13 Å². The minimum absolute atomic E-state index is 0.220. The summed E-state index contributed by atoms with van der Waals surface area (Å²) in [6.45, 7) is 2.14. The van der Waals surface area contributed by atoms with Crippen LogP contribution in [0.5, 0.6) is 0 Å². The zero-order valence-corrected chi connectivity index (χ0v) is 16.2. The number of hydrogen-bond donors (Lipinski definition) is 1. The molecule has 1 aromatic carbocycles. The second-order valence-corrected chi connectivity index (χ2v) is 7.43. The molecule has 0 aliphatic heterocycles. The number of nitrogens with one attached hydrogen (secondary N) is 1. The average molecular weight is 389 g/mol. The Kier molecular flexibility index (Phi) is 5.34. The standard InChI is InChI=1S/C21H19N5OS/c1-2-3-10-19-25-26-21(28-19)24-20(27)16-12-18(14-7-6-11-22-13-14)23-17-9-5-4-8-15(16)17/h4-9,11-13H,2-3,10H2,1H3,(H,24,26,27). The van der Waals surface area contributed by atoms with Crippen molar-refractivity contribution >= 4 is 33.3 Å². The number of nitrogens with zero attached hydrogens (tertiary/aromatic N) is 4. The fraction of sp³-hybridized carbons (Fsp3) is 0.190. The Labute approximate surface area is 166 Å². The predicted octanol–water partition coefficient (Wildman–Crippen LogP) is 4.74. The van der Waals surface area contributed by atoms with Crippen LogP contribution in [-0.2, 0) is 6.42 Å². The first kappa shape index (κ1) is 18.2. The minimum Gasteiger partial charge on any atom is -0.296 e. The zero-order valence-electron chi connectivity index (χ0n) is 15.4. The molecule has 7 heteroatoms. The van der Waals surface area contributed by atoms with Crippen molar-refractivity contribution in [3.63, 3.8) is 0 Å². The SMILES string of the molecule is CCCCc1nnc(NC(=O)c2cc(-c3cccnc3)nc3ccccc23)s1. The van der Waals surface area contributed by atoms with E-state index in [2.05, 4.69) is 32.4 Å². The van der Waals surface area contributed by atoms with Crippen LogP contribution in [0.2, 0.25) is 0 Å². The lowest BCUT2D eigenvalue weighted by Gasteiger charge is -2.09. The fourth-order valence-electron chi connectivity index (χ4n) is 2.92. The van der Waals surface area contributed by atoms with E-state index in [-0.39, 0.29) is 5.91 Å². The average Bonchev–Trinajstić information content (AvgIpc) is 3.19. The number of pyridine rings is 2. The van der Waals surface area contributed by atoms with Gasteiger partial charge in [-0.15, -0.1) is 10.2 Å². The number of carbonyl (C=O) groups excluding carboxylic acids is 1. The molecule has 0 radical (unpaired) electrons. The Morgan fingerprint density at radius 2 is 2.04 bits per heavy atom. The Bertz CT molecular complexity index is 1110. The second-order valence-electron chi connectivity index (χ2n) is 6.37. The van der Waals surface area contributed by atoms with Crippen molar-refractivity contribution in [2.24, 2.45) is 0 Å². The van der Waals surface area contributed by atoms with Gasteiger partial charge in [-0.3, -0.25) is 15.1 Å². The molecule has 0 saturated heterocycles. The van der Waals surface area contributed by atoms with Crippen LogP contribution >= 0.6 is 11.3 Å². The topological polar surface area (TPSA) is 80.7 Å². The van der Waals surface area contributed by atoms with Gasteiger partial charge in [0.25, 0.3) is 5.91 Å². The Morgan fingerprint density at radius 1 is 1.14 bits per heavy atom. The molecule has 0 aliphatic carbocycles. The molecular formula is C21H19N5OS. The van der Waals surface area contributed by atoms with Gasteiger partial charge in [0.15, 0.2) is 0 Å². The summed E-state index contributed by atoms with van der Waals surface area (Å²) < 4.78 is 0. The van der Waals surface area contributed by atoms with E-state index in [1.165, 1.54) is 11.3 Å². The molecule has 1 N–H and O–H groups in total. The summed E-state index contributed by atoms with van der Waals surface area (Å²) >= 11 is 1.42. The molecule has 0 atom stereocenters. The van der Waals surface area contributed by atoms with E-state index in [0.29, 0.717) is 16.4 Å². The summed E-state index contributed by atoms with van der Waals surface area (Å²) in [6.07, 6.45) is 6.49. The minimum atomic E-state index is -0.220. The van der Waals surface area contributed by atoms with E-state index in [1.54, 1.807) is 18.5 Å². The molecular weight excluding hydrogens is 370 g/mol. The number of fused-ring (bicyclic) bond motifs is 1. The summed E-state index contributed by atoms with van der Waals surface area (Å²) in [4.78, 5) is 21.9. The van der Waals surface area contributed by atoms with E-state index in [0.717, 1.165) is 40.7 Å². The summed E-state index contributed by atoms with van der Waals surface area (Å²) in [7, 11) is 0. The number of unbranched alkanes of at least 4 members (excludes halogenated alkanes) is 1. The zero-order chi connectivity index (χ0) is 19.3. The van der Waals surface area contributed by atoms with Crippen molar-refractivity contribution in [3.8, 4) is 11.3 Å². The highest BCUT2D eigenvalue weighted by molar-refractivity contribution is 7.15. The number of hydrogen-bond acceptors (Lipinski definition) is 6. The van der Waals surface area contributed by atoms with Crippen molar-refractivity contribution < 1.29 is 4.79 Å². The quantitative estimate of drug-likeness (QED) is 0.515. The van der Waals surface area contributed by atoms with Gasteiger partial charge in [-0.2, -0.15) is 0 Å². The van der Waals surface area contributed by atoms with Crippen LogP contribution in [0.3, 0.4) is 0 Å². The number of amides is 1. The summed E-state index contributed by atoms with van der Waals surface area (Å²) in [5.74, 6) is -0.220. The third-order valence-corrected chi connectivity index (χ3v) is 5.25. The van der Waals surface area contributed by atoms with E-state index >= 15 is 0 Å². The number of para-hydroxylation sites is 1. The first-order valence-electron chi connectivity index (χ1n) is 9.18. The van der Waals surface area contributed by atoms with Gasteiger partial charge in [0.1, 0.15) is 5.01 Å². The Hall–Kier alpha value is -3.19. The number of anilines is 1. The largest absolute Gasteiger partial charge is 0.296 e. The molecule has 0 spiro atoms. The normalized spacial score (nSPS) is 10.9. The number of aromatic nitrogens is 4. The molecule has 4 rings (SSSR count). The molecule has 0 aliphatic rings. The highest BCUT2D eigenvalue weighted by Crippen LogP contribution is 2.26. The molecule has 1 amide bonds. The van der Waals surface area contributed by atoms with Crippen LogP contribution in [0.25, 0.3) is 22.2 Å². The molecule has 28 heavy (non-hydrogen) atoms. The van der Waals surface area contributed by atoms with Crippen LogP contribution < -0.4 is 5.32 Å². The highest BCUT2D eigenvalue weighted by atomic mass is 32.1. The molecule has 3 heterocycles. The smallest absolute Gasteiger partial charge is 0.258 e. The van der Waals surface area contributed by atoms with Gasteiger partial charge in [-0.05, 0) is 30.7 Å². The molecule has 0 fully saturated rings. The second kappa shape index (κ2) is 8.22. The highest BCUT2D eigenvalue weighted by Gasteiger charge is 2.16. The van der Waals surface area contributed by atoms with Crippen molar-refractivity contribution in [1.29, 1.82) is 0 Å². The Balaban J connectivity index is 1.68. The molecule has 0 saturated carbocycles.